The van der Waals surface area contributed by atoms with Crippen molar-refractivity contribution in [3.63, 3.8) is 0 Å². The fourth-order valence-corrected chi connectivity index (χ4v) is 2.29. The summed E-state index contributed by atoms with van der Waals surface area (Å²) in [5.74, 6) is 0. The van der Waals surface area contributed by atoms with E-state index in [0.717, 1.165) is 13.0 Å². The zero-order valence-electron chi connectivity index (χ0n) is 6.12. The molecule has 1 aromatic rings. The maximum absolute atomic E-state index is 8.94. The minimum Gasteiger partial charge on any atom is -0.393 e. The Labute approximate surface area is 69.4 Å². The Morgan fingerprint density at radius 3 is 3.45 bits per heavy atom. The van der Waals surface area contributed by atoms with E-state index < -0.39 is 0 Å². The smallest absolute Gasteiger partial charge is 0.107 e. The van der Waals surface area contributed by atoms with Gasteiger partial charge in [0.05, 0.1) is 13.2 Å². The molecular weight excluding hydrogens is 160 g/mol. The maximum Gasteiger partial charge on any atom is 0.107 e. The Kier molecular flexibility index (Phi) is 1.94. The second kappa shape index (κ2) is 2.93. The average Bonchev–Trinajstić information content (AvgIpc) is 2.50. The predicted octanol–water partition coefficient (Wildman–Crippen LogP) is 1.35. The van der Waals surface area contributed by atoms with Crippen LogP contribution in [0, 0.1) is 0 Å². The van der Waals surface area contributed by atoms with E-state index in [-0.39, 0.29) is 12.7 Å². The molecule has 11 heavy (non-hydrogen) atoms. The standard InChI is InChI=1S/C8H10O2S/c9-5-7-6-2-4-11-8(6)1-3-10-7/h2,4,7,9H,1,3,5H2/t7-/m0/s1. The Balaban J connectivity index is 2.32. The van der Waals surface area contributed by atoms with Crippen LogP contribution in [0.1, 0.15) is 16.5 Å². The van der Waals surface area contributed by atoms with Gasteiger partial charge in [-0.15, -0.1) is 11.3 Å². The molecule has 60 valence electrons. The third kappa shape index (κ3) is 1.20. The molecule has 0 unspecified atom stereocenters. The van der Waals surface area contributed by atoms with Crippen molar-refractivity contribution in [3.8, 4) is 0 Å². The predicted molar refractivity (Wildman–Crippen MR) is 43.8 cm³/mol. The summed E-state index contributed by atoms with van der Waals surface area (Å²) in [7, 11) is 0. The highest BCUT2D eigenvalue weighted by molar-refractivity contribution is 7.10. The van der Waals surface area contributed by atoms with Crippen LogP contribution in [0.5, 0.6) is 0 Å². The Morgan fingerprint density at radius 1 is 1.73 bits per heavy atom. The van der Waals surface area contributed by atoms with Gasteiger partial charge < -0.3 is 9.84 Å². The Morgan fingerprint density at radius 2 is 2.64 bits per heavy atom. The summed E-state index contributed by atoms with van der Waals surface area (Å²) in [5, 5.41) is 11.0. The van der Waals surface area contributed by atoms with E-state index in [2.05, 4.69) is 5.38 Å². The molecule has 0 aromatic carbocycles. The molecule has 2 heterocycles. The van der Waals surface area contributed by atoms with Gasteiger partial charge in [0.25, 0.3) is 0 Å². The maximum atomic E-state index is 8.94. The van der Waals surface area contributed by atoms with Crippen LogP contribution in [0.4, 0.5) is 0 Å². The van der Waals surface area contributed by atoms with Gasteiger partial charge in [-0.1, -0.05) is 0 Å². The van der Waals surface area contributed by atoms with E-state index in [1.165, 1.54) is 10.4 Å². The van der Waals surface area contributed by atoms with Crippen molar-refractivity contribution in [1.29, 1.82) is 0 Å². The van der Waals surface area contributed by atoms with Crippen molar-refractivity contribution in [2.75, 3.05) is 13.2 Å². The summed E-state index contributed by atoms with van der Waals surface area (Å²) in [6, 6.07) is 2.04. The quantitative estimate of drug-likeness (QED) is 0.689. The molecule has 0 spiro atoms. The molecule has 2 nitrogen and oxygen atoms in total. The topological polar surface area (TPSA) is 29.5 Å². The lowest BCUT2D eigenvalue weighted by molar-refractivity contribution is 0.00421. The van der Waals surface area contributed by atoms with Crippen LogP contribution in [-0.2, 0) is 11.2 Å². The monoisotopic (exact) mass is 170 g/mol. The number of aliphatic hydroxyl groups is 1. The minimum absolute atomic E-state index is 0.0648. The lowest BCUT2D eigenvalue weighted by Crippen LogP contribution is -2.16. The molecule has 0 saturated carbocycles. The molecule has 3 heteroatoms. The fourth-order valence-electron chi connectivity index (χ4n) is 1.38. The van der Waals surface area contributed by atoms with Gasteiger partial charge in [0, 0.05) is 11.3 Å². The first-order chi connectivity index (χ1) is 5.42. The summed E-state index contributed by atoms with van der Waals surface area (Å²) in [6.07, 6.45) is 0.939. The number of ether oxygens (including phenoxy) is 1. The van der Waals surface area contributed by atoms with Gasteiger partial charge in [-0.2, -0.15) is 0 Å². The van der Waals surface area contributed by atoms with Crippen LogP contribution in [0.2, 0.25) is 0 Å². The summed E-state index contributed by atoms with van der Waals surface area (Å²) in [5.41, 5.74) is 1.18. The second-order valence-corrected chi connectivity index (χ2v) is 3.59. The number of hydrogen-bond acceptors (Lipinski definition) is 3. The van der Waals surface area contributed by atoms with Crippen molar-refractivity contribution in [3.05, 3.63) is 21.9 Å². The van der Waals surface area contributed by atoms with Crippen LogP contribution in [0.15, 0.2) is 11.4 Å². The van der Waals surface area contributed by atoms with Crippen LogP contribution in [-0.4, -0.2) is 18.3 Å². The van der Waals surface area contributed by atoms with Gasteiger partial charge in [-0.05, 0) is 17.0 Å². The summed E-state index contributed by atoms with van der Waals surface area (Å²) in [4.78, 5) is 1.37. The SMILES string of the molecule is OC[C@@H]1OCCc2sccc21. The normalized spacial score (nSPS) is 23.2. The third-order valence-electron chi connectivity index (χ3n) is 1.94. The first-order valence-corrected chi connectivity index (χ1v) is 4.58. The number of rotatable bonds is 1. The van der Waals surface area contributed by atoms with Gasteiger partial charge in [0.1, 0.15) is 6.10 Å². The lowest BCUT2D eigenvalue weighted by atomic mass is 10.1. The summed E-state index contributed by atoms with van der Waals surface area (Å²) < 4.78 is 5.37. The number of aliphatic hydroxyl groups excluding tert-OH is 1. The molecule has 1 aliphatic heterocycles. The van der Waals surface area contributed by atoms with E-state index >= 15 is 0 Å². The molecule has 1 N–H and O–H groups in total. The van der Waals surface area contributed by atoms with Crippen LogP contribution < -0.4 is 0 Å². The molecule has 1 aliphatic rings. The molecule has 0 fully saturated rings. The van der Waals surface area contributed by atoms with Crippen molar-refractivity contribution in [2.45, 2.75) is 12.5 Å². The highest BCUT2D eigenvalue weighted by Gasteiger charge is 2.20. The summed E-state index contributed by atoms with van der Waals surface area (Å²) in [6.45, 7) is 0.850. The number of thiophene rings is 1. The van der Waals surface area contributed by atoms with E-state index in [1.54, 1.807) is 11.3 Å². The van der Waals surface area contributed by atoms with E-state index in [0.29, 0.717) is 0 Å². The first kappa shape index (κ1) is 7.28. The molecule has 1 atom stereocenters. The molecule has 0 saturated heterocycles. The molecule has 1 aromatic heterocycles. The molecule has 0 radical (unpaired) electrons. The zero-order valence-corrected chi connectivity index (χ0v) is 6.93. The van der Waals surface area contributed by atoms with Crippen molar-refractivity contribution in [1.82, 2.24) is 0 Å². The Bertz CT molecular complexity index is 244. The van der Waals surface area contributed by atoms with Gasteiger partial charge in [-0.3, -0.25) is 0 Å². The number of hydrogen-bond donors (Lipinski definition) is 1. The third-order valence-corrected chi connectivity index (χ3v) is 2.94. The van der Waals surface area contributed by atoms with Crippen LogP contribution >= 0.6 is 11.3 Å². The molecule has 2 rings (SSSR count). The van der Waals surface area contributed by atoms with Crippen molar-refractivity contribution >= 4 is 11.3 Å². The molecular formula is C8H10O2S. The fraction of sp³-hybridized carbons (Fsp3) is 0.500. The van der Waals surface area contributed by atoms with Crippen molar-refractivity contribution < 1.29 is 9.84 Å². The van der Waals surface area contributed by atoms with Crippen LogP contribution in [0.3, 0.4) is 0 Å². The van der Waals surface area contributed by atoms with Gasteiger partial charge in [0.15, 0.2) is 0 Å². The summed E-state index contributed by atoms with van der Waals surface area (Å²) >= 11 is 1.75. The van der Waals surface area contributed by atoms with Gasteiger partial charge >= 0.3 is 0 Å². The second-order valence-electron chi connectivity index (χ2n) is 2.59. The highest BCUT2D eigenvalue weighted by Crippen LogP contribution is 2.30. The zero-order chi connectivity index (χ0) is 7.68. The molecule has 0 aliphatic carbocycles. The lowest BCUT2D eigenvalue weighted by Gasteiger charge is -2.20. The highest BCUT2D eigenvalue weighted by atomic mass is 32.1. The molecule has 0 bridgehead atoms. The van der Waals surface area contributed by atoms with Crippen LogP contribution in [0.25, 0.3) is 0 Å². The minimum atomic E-state index is -0.0648. The van der Waals surface area contributed by atoms with Gasteiger partial charge in [0.2, 0.25) is 0 Å². The van der Waals surface area contributed by atoms with E-state index in [1.807, 2.05) is 6.07 Å². The number of fused-ring (bicyclic) bond motifs is 1. The largest absolute Gasteiger partial charge is 0.393 e. The van der Waals surface area contributed by atoms with E-state index in [4.69, 9.17) is 9.84 Å². The van der Waals surface area contributed by atoms with Crippen molar-refractivity contribution in [2.24, 2.45) is 0 Å². The van der Waals surface area contributed by atoms with E-state index in [9.17, 15) is 0 Å². The Hall–Kier alpha value is -0.380. The molecule has 0 amide bonds. The first-order valence-electron chi connectivity index (χ1n) is 3.70. The average molecular weight is 170 g/mol. The van der Waals surface area contributed by atoms with Gasteiger partial charge in [-0.25, -0.2) is 0 Å².